The van der Waals surface area contributed by atoms with Crippen LogP contribution in [0.25, 0.3) is 0 Å². The molecule has 1 N–H and O–H groups in total. The van der Waals surface area contributed by atoms with Crippen LogP contribution in [0.1, 0.15) is 0 Å². The number of hydrogen-bond donors (Lipinski definition) is 1. The number of anilines is 1. The van der Waals surface area contributed by atoms with E-state index < -0.39 is 0 Å². The Balaban J connectivity index is 1.97. The summed E-state index contributed by atoms with van der Waals surface area (Å²) in [5.41, 5.74) is 0.789. The van der Waals surface area contributed by atoms with Crippen molar-refractivity contribution < 1.29 is 4.79 Å². The van der Waals surface area contributed by atoms with Gasteiger partial charge in [0.15, 0.2) is 0 Å². The Morgan fingerprint density at radius 3 is 3.06 bits per heavy atom. The second-order valence-corrected chi connectivity index (χ2v) is 4.40. The molecule has 0 bridgehead atoms. The molecule has 0 radical (unpaired) electrons. The normalized spacial score (nSPS) is 10.1. The van der Waals surface area contributed by atoms with Crippen LogP contribution in [0.3, 0.4) is 0 Å². The highest BCUT2D eigenvalue weighted by atomic mass is 127. The van der Waals surface area contributed by atoms with E-state index in [9.17, 15) is 4.79 Å². The lowest BCUT2D eigenvalue weighted by Crippen LogP contribution is -2.19. The zero-order valence-electron chi connectivity index (χ0n) is 8.30. The lowest BCUT2D eigenvalue weighted by Gasteiger charge is -2.04. The van der Waals surface area contributed by atoms with Crippen LogP contribution in [-0.4, -0.2) is 20.9 Å². The van der Waals surface area contributed by atoms with Gasteiger partial charge >= 0.3 is 0 Å². The molecule has 1 heterocycles. The number of benzene rings is 1. The maximum atomic E-state index is 11.6. The quantitative estimate of drug-likeness (QED) is 0.869. The van der Waals surface area contributed by atoms with Gasteiger partial charge in [-0.15, -0.1) is 5.10 Å². The molecule has 5 nitrogen and oxygen atoms in total. The monoisotopic (exact) mass is 328 g/mol. The van der Waals surface area contributed by atoms with Crippen molar-refractivity contribution in [1.82, 2.24) is 15.0 Å². The van der Waals surface area contributed by atoms with Crippen molar-refractivity contribution in [2.45, 2.75) is 6.54 Å². The fourth-order valence-corrected chi connectivity index (χ4v) is 1.77. The molecule has 0 aliphatic heterocycles. The van der Waals surface area contributed by atoms with E-state index in [2.05, 4.69) is 38.2 Å². The fourth-order valence-electron chi connectivity index (χ4n) is 1.23. The third kappa shape index (κ3) is 3.02. The van der Waals surface area contributed by atoms with Gasteiger partial charge in [-0.1, -0.05) is 11.3 Å². The topological polar surface area (TPSA) is 59.8 Å². The summed E-state index contributed by atoms with van der Waals surface area (Å²) in [6.07, 6.45) is 3.19. The van der Waals surface area contributed by atoms with E-state index >= 15 is 0 Å². The summed E-state index contributed by atoms with van der Waals surface area (Å²) in [4.78, 5) is 11.6. The second kappa shape index (κ2) is 5.06. The van der Waals surface area contributed by atoms with Gasteiger partial charge in [-0.05, 0) is 40.8 Å². The van der Waals surface area contributed by atoms with Crippen molar-refractivity contribution >= 4 is 34.2 Å². The average Bonchev–Trinajstić information content (AvgIpc) is 2.70. The molecule has 1 aromatic carbocycles. The predicted molar refractivity (Wildman–Crippen MR) is 67.8 cm³/mol. The lowest BCUT2D eigenvalue weighted by molar-refractivity contribution is -0.116. The molecule has 1 aromatic heterocycles. The van der Waals surface area contributed by atoms with E-state index in [1.54, 1.807) is 12.4 Å². The predicted octanol–water partition coefficient (Wildman–Crippen LogP) is 1.52. The third-order valence-corrected chi connectivity index (χ3v) is 2.56. The van der Waals surface area contributed by atoms with E-state index in [1.807, 2.05) is 24.3 Å². The average molecular weight is 328 g/mol. The van der Waals surface area contributed by atoms with Gasteiger partial charge in [0.05, 0.1) is 6.20 Å². The number of rotatable bonds is 3. The summed E-state index contributed by atoms with van der Waals surface area (Å²) in [5.74, 6) is -0.118. The molecule has 2 rings (SSSR count). The van der Waals surface area contributed by atoms with Gasteiger partial charge in [0.25, 0.3) is 0 Å². The Hall–Kier alpha value is -1.44. The van der Waals surface area contributed by atoms with Gasteiger partial charge in [-0.2, -0.15) is 0 Å². The molecule has 16 heavy (non-hydrogen) atoms. The van der Waals surface area contributed by atoms with Crippen LogP contribution < -0.4 is 5.32 Å². The molecule has 0 unspecified atom stereocenters. The van der Waals surface area contributed by atoms with Gasteiger partial charge in [0.1, 0.15) is 6.54 Å². The van der Waals surface area contributed by atoms with Crippen LogP contribution in [0.4, 0.5) is 5.69 Å². The smallest absolute Gasteiger partial charge is 0.246 e. The van der Waals surface area contributed by atoms with Crippen molar-refractivity contribution in [1.29, 1.82) is 0 Å². The number of carbonyl (C=O) groups excluding carboxylic acids is 1. The molecule has 0 atom stereocenters. The molecule has 6 heteroatoms. The van der Waals surface area contributed by atoms with Crippen LogP contribution in [0, 0.1) is 3.57 Å². The number of halogens is 1. The second-order valence-electron chi connectivity index (χ2n) is 3.16. The standard InChI is InChI=1S/C10H9IN4O/c11-8-2-1-3-9(6-8)13-10(16)7-15-5-4-12-14-15/h1-6H,7H2,(H,13,16). The number of nitrogens with one attached hydrogen (secondary N) is 1. The lowest BCUT2D eigenvalue weighted by atomic mass is 10.3. The van der Waals surface area contributed by atoms with Crippen molar-refractivity contribution in [3.8, 4) is 0 Å². The van der Waals surface area contributed by atoms with Gasteiger partial charge in [-0.25, -0.2) is 4.68 Å². The van der Waals surface area contributed by atoms with E-state index in [0.717, 1.165) is 9.26 Å². The molecule has 0 fully saturated rings. The number of carbonyl (C=O) groups is 1. The highest BCUT2D eigenvalue weighted by Gasteiger charge is 2.03. The van der Waals surface area contributed by atoms with Crippen LogP contribution in [0.5, 0.6) is 0 Å². The molecule has 1 amide bonds. The molecule has 0 aliphatic carbocycles. The Morgan fingerprint density at radius 1 is 1.50 bits per heavy atom. The largest absolute Gasteiger partial charge is 0.324 e. The van der Waals surface area contributed by atoms with Gasteiger partial charge in [-0.3, -0.25) is 4.79 Å². The SMILES string of the molecule is O=C(Cn1ccnn1)Nc1cccc(I)c1. The number of hydrogen-bond acceptors (Lipinski definition) is 3. The number of amides is 1. The van der Waals surface area contributed by atoms with E-state index in [-0.39, 0.29) is 12.5 Å². The first-order chi connectivity index (χ1) is 7.74. The minimum atomic E-state index is -0.118. The summed E-state index contributed by atoms with van der Waals surface area (Å²) < 4.78 is 2.56. The van der Waals surface area contributed by atoms with E-state index in [0.29, 0.717) is 0 Å². The van der Waals surface area contributed by atoms with E-state index in [4.69, 9.17) is 0 Å². The van der Waals surface area contributed by atoms with Crippen LogP contribution >= 0.6 is 22.6 Å². The summed E-state index contributed by atoms with van der Waals surface area (Å²) in [7, 11) is 0. The van der Waals surface area contributed by atoms with Crippen molar-refractivity contribution in [2.24, 2.45) is 0 Å². The van der Waals surface area contributed by atoms with Crippen molar-refractivity contribution in [2.75, 3.05) is 5.32 Å². The molecule has 0 aliphatic rings. The molecular formula is C10H9IN4O. The highest BCUT2D eigenvalue weighted by Crippen LogP contribution is 2.12. The molecule has 0 saturated carbocycles. The zero-order valence-corrected chi connectivity index (χ0v) is 10.5. The molecular weight excluding hydrogens is 319 g/mol. The summed E-state index contributed by atoms with van der Waals surface area (Å²) in [6, 6.07) is 7.61. The third-order valence-electron chi connectivity index (χ3n) is 1.89. The van der Waals surface area contributed by atoms with Crippen LogP contribution in [0.2, 0.25) is 0 Å². The summed E-state index contributed by atoms with van der Waals surface area (Å²) >= 11 is 2.20. The van der Waals surface area contributed by atoms with Gasteiger partial charge < -0.3 is 5.32 Å². The van der Waals surface area contributed by atoms with Crippen molar-refractivity contribution in [3.63, 3.8) is 0 Å². The maximum Gasteiger partial charge on any atom is 0.246 e. The Labute approximate surface area is 106 Å². The number of nitrogens with zero attached hydrogens (tertiary/aromatic N) is 3. The summed E-state index contributed by atoms with van der Waals surface area (Å²) in [5, 5.41) is 10.1. The first-order valence-electron chi connectivity index (χ1n) is 4.63. The minimum Gasteiger partial charge on any atom is -0.324 e. The Kier molecular flexibility index (Phi) is 3.50. The molecule has 2 aromatic rings. The van der Waals surface area contributed by atoms with E-state index in [1.165, 1.54) is 4.68 Å². The minimum absolute atomic E-state index is 0.118. The van der Waals surface area contributed by atoms with Crippen LogP contribution in [-0.2, 0) is 11.3 Å². The molecule has 0 saturated heterocycles. The highest BCUT2D eigenvalue weighted by molar-refractivity contribution is 14.1. The number of aromatic nitrogens is 3. The first-order valence-corrected chi connectivity index (χ1v) is 5.71. The molecule has 0 spiro atoms. The Bertz CT molecular complexity index is 483. The summed E-state index contributed by atoms with van der Waals surface area (Å²) in [6.45, 7) is 0.172. The van der Waals surface area contributed by atoms with Crippen molar-refractivity contribution in [3.05, 3.63) is 40.2 Å². The van der Waals surface area contributed by atoms with Gasteiger partial charge in [0.2, 0.25) is 5.91 Å². The molecule has 82 valence electrons. The zero-order chi connectivity index (χ0) is 11.4. The first kappa shape index (κ1) is 11.1. The maximum absolute atomic E-state index is 11.6. The fraction of sp³-hybridized carbons (Fsp3) is 0.100. The Morgan fingerprint density at radius 2 is 2.38 bits per heavy atom. The van der Waals surface area contributed by atoms with Gasteiger partial charge in [0, 0.05) is 15.5 Å². The van der Waals surface area contributed by atoms with Crippen LogP contribution in [0.15, 0.2) is 36.7 Å².